The van der Waals surface area contributed by atoms with E-state index in [0.29, 0.717) is 12.5 Å². The van der Waals surface area contributed by atoms with Crippen molar-refractivity contribution in [2.45, 2.75) is 63.6 Å². The Hall–Kier alpha value is -1.20. The van der Waals surface area contributed by atoms with E-state index >= 15 is 0 Å². The number of carbonyl (C=O) groups excluding carboxylic acids is 1. The van der Waals surface area contributed by atoms with Crippen LogP contribution >= 0.6 is 22.9 Å². The molecule has 3 atom stereocenters. The molecule has 1 fully saturated rings. The van der Waals surface area contributed by atoms with Crippen LogP contribution in [0.25, 0.3) is 0 Å². The van der Waals surface area contributed by atoms with E-state index in [2.05, 4.69) is 30.4 Å². The topological polar surface area (TPSA) is 38.3 Å². The molecule has 2 aromatic rings. The Morgan fingerprint density at radius 3 is 2.89 bits per heavy atom. The molecule has 0 unspecified atom stereocenters. The summed E-state index contributed by atoms with van der Waals surface area (Å²) < 4.78 is 7.28. The number of nitrogens with one attached hydrogen (secondary N) is 1. The van der Waals surface area contributed by atoms with Crippen LogP contribution in [-0.4, -0.2) is 18.4 Å². The smallest absolute Gasteiger partial charge is 0.162 e. The summed E-state index contributed by atoms with van der Waals surface area (Å²) in [5.41, 5.74) is 3.19. The second-order valence-corrected chi connectivity index (χ2v) is 9.44. The average Bonchev–Trinajstić information content (AvgIpc) is 2.98. The van der Waals surface area contributed by atoms with Crippen LogP contribution in [0, 0.1) is 0 Å². The van der Waals surface area contributed by atoms with Crippen molar-refractivity contribution < 1.29 is 9.53 Å². The molecule has 27 heavy (non-hydrogen) atoms. The van der Waals surface area contributed by atoms with E-state index in [-0.39, 0.29) is 17.4 Å². The summed E-state index contributed by atoms with van der Waals surface area (Å²) in [6.45, 7) is 4.91. The van der Waals surface area contributed by atoms with Gasteiger partial charge in [0, 0.05) is 28.9 Å². The molecule has 2 aliphatic heterocycles. The molecular formula is C22H26ClNO2S. The van der Waals surface area contributed by atoms with E-state index in [1.54, 1.807) is 11.3 Å². The summed E-state index contributed by atoms with van der Waals surface area (Å²) in [5.74, 6) is 0.195. The third kappa shape index (κ3) is 3.73. The van der Waals surface area contributed by atoms with Crippen LogP contribution in [0.1, 0.15) is 71.9 Å². The van der Waals surface area contributed by atoms with Crippen molar-refractivity contribution in [1.82, 2.24) is 5.32 Å². The van der Waals surface area contributed by atoms with Gasteiger partial charge in [-0.2, -0.15) is 0 Å². The Bertz CT molecular complexity index is 831. The van der Waals surface area contributed by atoms with Crippen molar-refractivity contribution in [3.05, 3.63) is 56.2 Å². The first kappa shape index (κ1) is 19.1. The highest BCUT2D eigenvalue weighted by atomic mass is 35.5. The van der Waals surface area contributed by atoms with Crippen molar-refractivity contribution >= 4 is 28.7 Å². The highest BCUT2D eigenvalue weighted by molar-refractivity contribution is 7.16. The molecule has 1 saturated heterocycles. The van der Waals surface area contributed by atoms with Gasteiger partial charge in [-0.25, -0.2) is 0 Å². The Morgan fingerprint density at radius 1 is 1.37 bits per heavy atom. The van der Waals surface area contributed by atoms with Crippen molar-refractivity contribution in [3.8, 4) is 0 Å². The third-order valence-corrected chi connectivity index (χ3v) is 7.35. The van der Waals surface area contributed by atoms with E-state index in [9.17, 15) is 4.79 Å². The predicted octanol–water partition coefficient (Wildman–Crippen LogP) is 5.67. The van der Waals surface area contributed by atoms with Gasteiger partial charge in [-0.15, -0.1) is 11.3 Å². The van der Waals surface area contributed by atoms with E-state index in [1.807, 2.05) is 19.1 Å². The first-order valence-electron chi connectivity index (χ1n) is 9.82. The van der Waals surface area contributed by atoms with Gasteiger partial charge in [0.05, 0.1) is 10.9 Å². The maximum Gasteiger partial charge on any atom is 0.162 e. The van der Waals surface area contributed by atoms with Crippen LogP contribution in [0.4, 0.5) is 0 Å². The fraction of sp³-hybridized carbons (Fsp3) is 0.500. The molecule has 0 bridgehead atoms. The zero-order valence-electron chi connectivity index (χ0n) is 15.9. The first-order valence-corrected chi connectivity index (χ1v) is 11.0. The predicted molar refractivity (Wildman–Crippen MR) is 111 cm³/mol. The lowest BCUT2D eigenvalue weighted by Crippen LogP contribution is -2.38. The van der Waals surface area contributed by atoms with Gasteiger partial charge >= 0.3 is 0 Å². The number of ketones is 1. The Morgan fingerprint density at radius 2 is 2.15 bits per heavy atom. The molecule has 2 aliphatic rings. The van der Waals surface area contributed by atoms with Crippen molar-refractivity contribution in [1.29, 1.82) is 0 Å². The number of rotatable bonds is 3. The summed E-state index contributed by atoms with van der Waals surface area (Å²) in [7, 11) is 0. The van der Waals surface area contributed by atoms with Crippen molar-refractivity contribution in [2.75, 3.05) is 6.61 Å². The largest absolute Gasteiger partial charge is 0.369 e. The molecule has 4 rings (SSSR count). The number of hydrogen-bond acceptors (Lipinski definition) is 4. The highest BCUT2D eigenvalue weighted by Gasteiger charge is 2.43. The molecule has 1 spiro atoms. The minimum Gasteiger partial charge on any atom is -0.369 e. The molecule has 0 saturated carbocycles. The fourth-order valence-electron chi connectivity index (χ4n) is 4.55. The fourth-order valence-corrected chi connectivity index (χ4v) is 6.04. The molecule has 3 heterocycles. The van der Waals surface area contributed by atoms with E-state index < -0.39 is 0 Å². The number of hydrogen-bond donors (Lipinski definition) is 1. The summed E-state index contributed by atoms with van der Waals surface area (Å²) >= 11 is 8.01. The van der Waals surface area contributed by atoms with Crippen molar-refractivity contribution in [3.63, 3.8) is 0 Å². The molecular weight excluding hydrogens is 378 g/mol. The van der Waals surface area contributed by atoms with Gasteiger partial charge in [0.1, 0.15) is 5.60 Å². The van der Waals surface area contributed by atoms with Crippen LogP contribution in [0.3, 0.4) is 0 Å². The summed E-state index contributed by atoms with van der Waals surface area (Å²) in [5, 5.41) is 3.77. The summed E-state index contributed by atoms with van der Waals surface area (Å²) in [6, 6.07) is 10.8. The van der Waals surface area contributed by atoms with Gasteiger partial charge in [-0.05, 0) is 49.8 Å². The number of carbonyl (C=O) groups is 1. The molecule has 0 radical (unpaired) electrons. The maximum atomic E-state index is 11.9. The lowest BCUT2D eigenvalue weighted by Gasteiger charge is -2.37. The second kappa shape index (κ2) is 7.67. The van der Waals surface area contributed by atoms with E-state index in [0.717, 1.165) is 42.2 Å². The second-order valence-electron chi connectivity index (χ2n) is 7.76. The number of thiophene rings is 1. The summed E-state index contributed by atoms with van der Waals surface area (Å²) in [4.78, 5) is 13.2. The van der Waals surface area contributed by atoms with E-state index in [1.165, 1.54) is 16.0 Å². The number of benzene rings is 1. The number of fused-ring (bicyclic) bond motifs is 2. The Balaban J connectivity index is 1.58. The number of Topliss-reactive ketones (excluding diaryl/α,β-unsaturated/α-hetero) is 1. The van der Waals surface area contributed by atoms with Crippen LogP contribution in [0.2, 0.25) is 4.34 Å². The minimum absolute atomic E-state index is 0.195. The molecule has 1 aromatic heterocycles. The molecule has 3 nitrogen and oxygen atoms in total. The normalized spacial score (nSPS) is 28.0. The van der Waals surface area contributed by atoms with Crippen LogP contribution in [0.5, 0.6) is 0 Å². The van der Waals surface area contributed by atoms with Gasteiger partial charge in [-0.3, -0.25) is 4.79 Å². The lowest BCUT2D eigenvalue weighted by molar-refractivity contribution is -0.0704. The highest BCUT2D eigenvalue weighted by Crippen LogP contribution is 2.48. The maximum absolute atomic E-state index is 11.9. The molecule has 1 aromatic carbocycles. The Labute approximate surface area is 170 Å². The van der Waals surface area contributed by atoms with Gasteiger partial charge in [0.15, 0.2) is 5.78 Å². The van der Waals surface area contributed by atoms with Gasteiger partial charge in [-0.1, -0.05) is 42.8 Å². The molecule has 0 aliphatic carbocycles. The van der Waals surface area contributed by atoms with Crippen LogP contribution < -0.4 is 5.32 Å². The van der Waals surface area contributed by atoms with E-state index in [4.69, 9.17) is 16.3 Å². The SMILES string of the molecule is CCC(=O)c1ccc([C@@H]2CC[C@]3(C[C@H](C)N2)OCCc2cc(Cl)sc23)cc1. The number of ether oxygens (including phenoxy) is 1. The van der Waals surface area contributed by atoms with Crippen LogP contribution in [0.15, 0.2) is 30.3 Å². The quantitative estimate of drug-likeness (QED) is 0.671. The third-order valence-electron chi connectivity index (χ3n) is 5.86. The Kier molecular flexibility index (Phi) is 5.43. The zero-order valence-corrected chi connectivity index (χ0v) is 17.5. The summed E-state index contributed by atoms with van der Waals surface area (Å²) in [6.07, 6.45) is 4.44. The molecule has 0 amide bonds. The monoisotopic (exact) mass is 403 g/mol. The van der Waals surface area contributed by atoms with Gasteiger partial charge < -0.3 is 10.1 Å². The van der Waals surface area contributed by atoms with Crippen molar-refractivity contribution in [2.24, 2.45) is 0 Å². The lowest BCUT2D eigenvalue weighted by atomic mass is 9.85. The average molecular weight is 404 g/mol. The van der Waals surface area contributed by atoms with Gasteiger partial charge in [0.2, 0.25) is 0 Å². The van der Waals surface area contributed by atoms with Gasteiger partial charge in [0.25, 0.3) is 0 Å². The van der Waals surface area contributed by atoms with Crippen LogP contribution in [-0.2, 0) is 16.8 Å². The minimum atomic E-state index is -0.218. The molecule has 5 heteroatoms. The molecule has 1 N–H and O–H groups in total. The first-order chi connectivity index (χ1) is 13.0. The number of halogens is 1. The molecule has 144 valence electrons. The standard InChI is InChI=1S/C22H26ClNO2S/c1-3-19(25)16-6-4-15(5-7-16)18-8-10-22(13-14(2)24-18)21-17(9-11-26-22)12-20(23)27-21/h4-7,12,14,18,24H,3,8-11,13H2,1-2H3/t14-,18-,22+/m0/s1. The zero-order chi connectivity index (χ0) is 19.0.